The van der Waals surface area contributed by atoms with Crippen molar-refractivity contribution in [3.63, 3.8) is 0 Å². The molecule has 0 fully saturated rings. The maximum atomic E-state index is 13.0. The van der Waals surface area contributed by atoms with Crippen molar-refractivity contribution in [1.82, 2.24) is 5.43 Å². The molecule has 3 rings (SSSR count). The summed E-state index contributed by atoms with van der Waals surface area (Å²) in [6, 6.07) is 16.5. The van der Waals surface area contributed by atoms with E-state index < -0.39 is 40.6 Å². The minimum atomic E-state index is -5.02. The van der Waals surface area contributed by atoms with Gasteiger partial charge in [-0.1, -0.05) is 60.7 Å². The smallest absolute Gasteiger partial charge is 0.372 e. The number of benzene rings is 3. The van der Waals surface area contributed by atoms with Crippen molar-refractivity contribution >= 4 is 12.1 Å². The van der Waals surface area contributed by atoms with Gasteiger partial charge in [0.05, 0.1) is 17.3 Å². The van der Waals surface area contributed by atoms with Gasteiger partial charge in [-0.2, -0.15) is 31.4 Å². The van der Waals surface area contributed by atoms with Crippen LogP contribution >= 0.6 is 0 Å². The molecule has 0 aromatic heterocycles. The molecule has 0 saturated carbocycles. The van der Waals surface area contributed by atoms with E-state index in [0.29, 0.717) is 18.3 Å². The number of carbonyl (C=O) groups is 1. The summed E-state index contributed by atoms with van der Waals surface area (Å²) in [5.74, 6) is -1.06. The van der Waals surface area contributed by atoms with Crippen molar-refractivity contribution in [1.29, 1.82) is 0 Å². The van der Waals surface area contributed by atoms with Crippen LogP contribution in [-0.2, 0) is 22.7 Å². The van der Waals surface area contributed by atoms with Crippen molar-refractivity contribution in [3.05, 3.63) is 107 Å². The predicted octanol–water partition coefficient (Wildman–Crippen LogP) is 5.11. The molecule has 10 heteroatoms. The van der Waals surface area contributed by atoms with Crippen LogP contribution in [0.1, 0.15) is 27.8 Å². The molecule has 0 atom stereocenters. The Kier molecular flexibility index (Phi) is 6.59. The molecule has 0 radical (unpaired) electrons. The number of alkyl halides is 6. The largest absolute Gasteiger partial charge is 0.416 e. The summed E-state index contributed by atoms with van der Waals surface area (Å²) in [7, 11) is 0. The Bertz CT molecular complexity index is 1070. The van der Waals surface area contributed by atoms with E-state index in [1.165, 1.54) is 24.3 Å². The van der Waals surface area contributed by atoms with Gasteiger partial charge in [0.25, 0.3) is 5.91 Å². The summed E-state index contributed by atoms with van der Waals surface area (Å²) in [6.45, 7) is 0. The first-order valence-corrected chi connectivity index (χ1v) is 9.39. The van der Waals surface area contributed by atoms with Gasteiger partial charge in [0.1, 0.15) is 0 Å². The molecule has 33 heavy (non-hydrogen) atoms. The average Bonchev–Trinajstić information content (AvgIpc) is 2.78. The summed E-state index contributed by atoms with van der Waals surface area (Å²) < 4.78 is 78.0. The first-order chi connectivity index (χ1) is 15.4. The maximum absolute atomic E-state index is 13.0. The minimum absolute atomic E-state index is 0.0144. The Labute approximate surface area is 184 Å². The lowest BCUT2D eigenvalue weighted by molar-refractivity contribution is -0.143. The van der Waals surface area contributed by atoms with E-state index in [4.69, 9.17) is 0 Å². The molecule has 0 aliphatic carbocycles. The lowest BCUT2D eigenvalue weighted by atomic mass is 9.85. The number of aliphatic hydroxyl groups is 1. The van der Waals surface area contributed by atoms with Crippen LogP contribution in [0.3, 0.4) is 0 Å². The van der Waals surface area contributed by atoms with Gasteiger partial charge >= 0.3 is 12.4 Å². The third kappa shape index (κ3) is 5.40. The van der Waals surface area contributed by atoms with Crippen molar-refractivity contribution in [2.45, 2.75) is 18.0 Å². The molecular weight excluding hydrogens is 450 g/mol. The number of rotatable bonds is 5. The van der Waals surface area contributed by atoms with Crippen molar-refractivity contribution < 1.29 is 36.2 Å². The molecule has 4 nitrogen and oxygen atoms in total. The molecule has 0 aliphatic heterocycles. The van der Waals surface area contributed by atoms with Crippen molar-refractivity contribution in [2.24, 2.45) is 5.10 Å². The summed E-state index contributed by atoms with van der Waals surface area (Å²) in [5.41, 5.74) is -3.43. The second-order valence-corrected chi connectivity index (χ2v) is 6.98. The Morgan fingerprint density at radius 3 is 1.55 bits per heavy atom. The highest BCUT2D eigenvalue weighted by atomic mass is 19.4. The third-order valence-electron chi connectivity index (χ3n) is 4.70. The number of halogens is 6. The van der Waals surface area contributed by atoms with E-state index in [9.17, 15) is 36.2 Å². The highest BCUT2D eigenvalue weighted by Crippen LogP contribution is 2.36. The average molecular weight is 466 g/mol. The second kappa shape index (κ2) is 9.07. The van der Waals surface area contributed by atoms with Crippen LogP contribution in [0.2, 0.25) is 0 Å². The zero-order chi connectivity index (χ0) is 24.3. The lowest BCUT2D eigenvalue weighted by Crippen LogP contribution is -2.43. The molecule has 3 aromatic carbocycles. The van der Waals surface area contributed by atoms with E-state index in [1.807, 2.05) is 5.43 Å². The Morgan fingerprint density at radius 1 is 0.727 bits per heavy atom. The number of hydrazone groups is 1. The molecule has 1 amide bonds. The summed E-state index contributed by atoms with van der Waals surface area (Å²) >= 11 is 0. The lowest BCUT2D eigenvalue weighted by Gasteiger charge is -2.27. The topological polar surface area (TPSA) is 61.7 Å². The van der Waals surface area contributed by atoms with Gasteiger partial charge < -0.3 is 5.11 Å². The van der Waals surface area contributed by atoms with Crippen LogP contribution in [-0.4, -0.2) is 17.2 Å². The van der Waals surface area contributed by atoms with Crippen LogP contribution in [0.5, 0.6) is 0 Å². The second-order valence-electron chi connectivity index (χ2n) is 6.98. The van der Waals surface area contributed by atoms with E-state index in [-0.39, 0.29) is 17.2 Å². The van der Waals surface area contributed by atoms with E-state index >= 15 is 0 Å². The van der Waals surface area contributed by atoms with Crippen LogP contribution in [0.25, 0.3) is 0 Å². The summed E-state index contributed by atoms with van der Waals surface area (Å²) in [4.78, 5) is 12.9. The normalized spacial score (nSPS) is 12.7. The highest BCUT2D eigenvalue weighted by Gasteiger charge is 2.40. The van der Waals surface area contributed by atoms with Gasteiger partial charge in [-0.3, -0.25) is 4.79 Å². The molecule has 0 saturated heterocycles. The number of nitrogens with zero attached hydrogens (tertiary/aromatic N) is 1. The quantitative estimate of drug-likeness (QED) is 0.312. The third-order valence-corrected chi connectivity index (χ3v) is 4.70. The van der Waals surface area contributed by atoms with E-state index in [2.05, 4.69) is 5.10 Å². The van der Waals surface area contributed by atoms with Gasteiger partial charge in [-0.15, -0.1) is 0 Å². The Balaban J connectivity index is 1.93. The van der Waals surface area contributed by atoms with Gasteiger partial charge in [-0.25, -0.2) is 5.43 Å². The first kappa shape index (κ1) is 24.0. The molecule has 3 aromatic rings. The fraction of sp³-hybridized carbons (Fsp3) is 0.130. The standard InChI is InChI=1S/C23H16F6N2O2/c24-22(25,26)18-11-15(12-19(13-18)23(27,28)29)14-30-31-20(32)21(33,16-7-3-1-4-8-16)17-9-5-2-6-10-17/h1-14,33H,(H,31,32)/b30-14+. The van der Waals surface area contributed by atoms with Gasteiger partial charge in [0.15, 0.2) is 5.60 Å². The van der Waals surface area contributed by atoms with Gasteiger partial charge in [0, 0.05) is 0 Å². The number of hydrogen-bond acceptors (Lipinski definition) is 3. The fourth-order valence-corrected chi connectivity index (χ4v) is 3.09. The number of amides is 1. The first-order valence-electron chi connectivity index (χ1n) is 9.39. The van der Waals surface area contributed by atoms with E-state index in [0.717, 1.165) is 0 Å². The summed E-state index contributed by atoms with van der Waals surface area (Å²) in [6.07, 6.45) is -9.40. The molecule has 0 spiro atoms. The van der Waals surface area contributed by atoms with Crippen LogP contribution < -0.4 is 5.43 Å². The maximum Gasteiger partial charge on any atom is 0.416 e. The number of carbonyl (C=O) groups excluding carboxylic acids is 1. The SMILES string of the molecule is O=C(N/N=C/c1cc(C(F)(F)F)cc(C(F)(F)F)c1)C(O)(c1ccccc1)c1ccccc1. The van der Waals surface area contributed by atoms with Crippen molar-refractivity contribution in [2.75, 3.05) is 0 Å². The zero-order valence-electron chi connectivity index (χ0n) is 16.7. The molecule has 0 bridgehead atoms. The zero-order valence-corrected chi connectivity index (χ0v) is 16.7. The van der Waals surface area contributed by atoms with E-state index in [1.54, 1.807) is 36.4 Å². The Hall–Kier alpha value is -3.66. The number of nitrogens with one attached hydrogen (secondary N) is 1. The number of hydrogen-bond donors (Lipinski definition) is 2. The molecule has 0 unspecified atom stereocenters. The van der Waals surface area contributed by atoms with Crippen LogP contribution in [0, 0.1) is 0 Å². The molecule has 0 heterocycles. The minimum Gasteiger partial charge on any atom is -0.372 e. The fourth-order valence-electron chi connectivity index (χ4n) is 3.09. The van der Waals surface area contributed by atoms with Crippen LogP contribution in [0.15, 0.2) is 84.0 Å². The van der Waals surface area contributed by atoms with Crippen molar-refractivity contribution in [3.8, 4) is 0 Å². The molecule has 0 aliphatic rings. The van der Waals surface area contributed by atoms with Gasteiger partial charge in [-0.05, 0) is 34.9 Å². The molecule has 2 N–H and O–H groups in total. The predicted molar refractivity (Wildman–Crippen MR) is 108 cm³/mol. The van der Waals surface area contributed by atoms with Crippen LogP contribution in [0.4, 0.5) is 26.3 Å². The molecule has 172 valence electrons. The monoisotopic (exact) mass is 466 g/mol. The molecular formula is C23H16F6N2O2. The highest BCUT2D eigenvalue weighted by molar-refractivity contribution is 5.91. The Morgan fingerprint density at radius 2 is 1.15 bits per heavy atom. The van der Waals surface area contributed by atoms with Gasteiger partial charge in [0.2, 0.25) is 0 Å². The summed E-state index contributed by atoms with van der Waals surface area (Å²) in [5, 5.41) is 14.7.